The van der Waals surface area contributed by atoms with E-state index in [2.05, 4.69) is 26.1 Å². The minimum absolute atomic E-state index is 0.125. The van der Waals surface area contributed by atoms with Crippen molar-refractivity contribution in [1.82, 2.24) is 19.9 Å². The highest BCUT2D eigenvalue weighted by atomic mass is 16.2. The fourth-order valence-electron chi connectivity index (χ4n) is 3.36. The molecular weight excluding hydrogens is 372 g/mol. The molecule has 0 bridgehead atoms. The second-order valence-corrected chi connectivity index (χ2v) is 8.55. The average Bonchev–Trinajstić information content (AvgIpc) is 3.19. The molecule has 2 aromatic carbocycles. The van der Waals surface area contributed by atoms with E-state index in [1.165, 1.54) is 0 Å². The van der Waals surface area contributed by atoms with Gasteiger partial charge >= 0.3 is 0 Å². The Hall–Kier alpha value is -3.47. The Labute approximate surface area is 176 Å². The summed E-state index contributed by atoms with van der Waals surface area (Å²) in [5.74, 6) is -0.181. The molecule has 4 rings (SSSR count). The Morgan fingerprint density at radius 2 is 1.60 bits per heavy atom. The van der Waals surface area contributed by atoms with E-state index in [9.17, 15) is 4.79 Å². The van der Waals surface area contributed by atoms with Crippen LogP contribution in [0.3, 0.4) is 0 Å². The SMILES string of the molecule is CC(NC(=O)c1cc(-c2ccccc2)nc2cc(C(C)(C)C)nn12)c1ccccc1. The van der Waals surface area contributed by atoms with Crippen molar-refractivity contribution in [3.63, 3.8) is 0 Å². The first-order valence-corrected chi connectivity index (χ1v) is 10.2. The van der Waals surface area contributed by atoms with Crippen molar-refractivity contribution in [3.8, 4) is 11.3 Å². The second-order valence-electron chi connectivity index (χ2n) is 8.55. The summed E-state index contributed by atoms with van der Waals surface area (Å²) in [6, 6.07) is 23.5. The van der Waals surface area contributed by atoms with Crippen LogP contribution in [-0.2, 0) is 5.41 Å². The lowest BCUT2D eigenvalue weighted by Gasteiger charge is -2.16. The highest BCUT2D eigenvalue weighted by Gasteiger charge is 2.22. The van der Waals surface area contributed by atoms with Crippen LogP contribution >= 0.6 is 0 Å². The molecule has 30 heavy (non-hydrogen) atoms. The Morgan fingerprint density at radius 1 is 0.967 bits per heavy atom. The summed E-state index contributed by atoms with van der Waals surface area (Å²) >= 11 is 0. The number of nitrogens with one attached hydrogen (secondary N) is 1. The van der Waals surface area contributed by atoms with Crippen LogP contribution in [0.15, 0.2) is 72.8 Å². The van der Waals surface area contributed by atoms with Gasteiger partial charge in [-0.05, 0) is 18.6 Å². The molecule has 5 nitrogen and oxygen atoms in total. The van der Waals surface area contributed by atoms with Crippen LogP contribution in [0.5, 0.6) is 0 Å². The van der Waals surface area contributed by atoms with E-state index in [4.69, 9.17) is 10.1 Å². The van der Waals surface area contributed by atoms with E-state index in [1.54, 1.807) is 4.52 Å². The number of benzene rings is 2. The fraction of sp³-hybridized carbons (Fsp3) is 0.240. The van der Waals surface area contributed by atoms with Gasteiger partial charge in [0, 0.05) is 17.0 Å². The van der Waals surface area contributed by atoms with Crippen LogP contribution < -0.4 is 5.32 Å². The zero-order valence-electron chi connectivity index (χ0n) is 17.8. The quantitative estimate of drug-likeness (QED) is 0.515. The summed E-state index contributed by atoms with van der Waals surface area (Å²) in [7, 11) is 0. The minimum atomic E-state index is -0.181. The first-order chi connectivity index (χ1) is 14.3. The van der Waals surface area contributed by atoms with Crippen LogP contribution in [0.1, 0.15) is 55.5 Å². The third kappa shape index (κ3) is 3.96. The molecule has 0 fully saturated rings. The van der Waals surface area contributed by atoms with E-state index in [0.29, 0.717) is 11.3 Å². The van der Waals surface area contributed by atoms with Crippen LogP contribution in [0.25, 0.3) is 16.9 Å². The van der Waals surface area contributed by atoms with Gasteiger partial charge < -0.3 is 5.32 Å². The monoisotopic (exact) mass is 398 g/mol. The van der Waals surface area contributed by atoms with Gasteiger partial charge in [0.25, 0.3) is 5.91 Å². The highest BCUT2D eigenvalue weighted by molar-refractivity contribution is 5.94. The van der Waals surface area contributed by atoms with E-state index < -0.39 is 0 Å². The molecule has 0 aliphatic heterocycles. The molecule has 2 aromatic heterocycles. The molecule has 0 aliphatic rings. The Kier molecular flexibility index (Phi) is 5.12. The van der Waals surface area contributed by atoms with Crippen molar-refractivity contribution in [1.29, 1.82) is 0 Å². The number of nitrogens with zero attached hydrogens (tertiary/aromatic N) is 3. The van der Waals surface area contributed by atoms with E-state index >= 15 is 0 Å². The molecule has 1 atom stereocenters. The first-order valence-electron chi connectivity index (χ1n) is 10.2. The third-order valence-corrected chi connectivity index (χ3v) is 5.14. The van der Waals surface area contributed by atoms with Gasteiger partial charge in [-0.2, -0.15) is 5.10 Å². The zero-order valence-corrected chi connectivity index (χ0v) is 17.8. The molecule has 2 heterocycles. The van der Waals surface area contributed by atoms with Gasteiger partial charge in [-0.1, -0.05) is 81.4 Å². The lowest BCUT2D eigenvalue weighted by molar-refractivity contribution is 0.0932. The van der Waals surface area contributed by atoms with Crippen LogP contribution in [0.4, 0.5) is 0 Å². The summed E-state index contributed by atoms with van der Waals surface area (Å²) in [6.07, 6.45) is 0. The fourth-order valence-corrected chi connectivity index (χ4v) is 3.36. The number of carbonyl (C=O) groups is 1. The van der Waals surface area contributed by atoms with Gasteiger partial charge in [0.1, 0.15) is 5.69 Å². The van der Waals surface area contributed by atoms with Crippen molar-refractivity contribution in [2.45, 2.75) is 39.2 Å². The number of amides is 1. The van der Waals surface area contributed by atoms with Gasteiger partial charge in [-0.15, -0.1) is 0 Å². The molecule has 0 spiro atoms. The molecule has 1 unspecified atom stereocenters. The predicted octanol–water partition coefficient (Wildman–Crippen LogP) is 5.18. The third-order valence-electron chi connectivity index (χ3n) is 5.14. The van der Waals surface area contributed by atoms with E-state index in [1.807, 2.05) is 79.7 Å². The van der Waals surface area contributed by atoms with Crippen molar-refractivity contribution in [3.05, 3.63) is 89.7 Å². The smallest absolute Gasteiger partial charge is 0.270 e. The minimum Gasteiger partial charge on any atom is -0.344 e. The lowest BCUT2D eigenvalue weighted by atomic mass is 9.93. The Morgan fingerprint density at radius 3 is 2.23 bits per heavy atom. The van der Waals surface area contributed by atoms with Gasteiger partial charge in [0.15, 0.2) is 5.65 Å². The van der Waals surface area contributed by atoms with Gasteiger partial charge in [-0.3, -0.25) is 4.79 Å². The normalized spacial score (nSPS) is 12.7. The first kappa shape index (κ1) is 19.8. The summed E-state index contributed by atoms with van der Waals surface area (Å²) in [5, 5.41) is 7.82. The van der Waals surface area contributed by atoms with Crippen LogP contribution in [0.2, 0.25) is 0 Å². The Balaban J connectivity index is 1.80. The molecule has 1 amide bonds. The summed E-state index contributed by atoms with van der Waals surface area (Å²) in [4.78, 5) is 18.1. The largest absolute Gasteiger partial charge is 0.344 e. The summed E-state index contributed by atoms with van der Waals surface area (Å²) in [6.45, 7) is 8.28. The van der Waals surface area contributed by atoms with E-state index in [0.717, 1.165) is 22.5 Å². The molecular formula is C25H26N4O. The molecule has 5 heteroatoms. The summed E-state index contributed by atoms with van der Waals surface area (Å²) in [5.41, 5.74) is 4.65. The van der Waals surface area contributed by atoms with Gasteiger partial charge in [0.05, 0.1) is 17.4 Å². The second kappa shape index (κ2) is 7.75. The summed E-state index contributed by atoms with van der Waals surface area (Å²) < 4.78 is 1.65. The zero-order chi connectivity index (χ0) is 21.3. The van der Waals surface area contributed by atoms with Gasteiger partial charge in [-0.25, -0.2) is 9.50 Å². The molecule has 0 saturated heterocycles. The molecule has 1 N–H and O–H groups in total. The Bertz CT molecular complexity index is 1170. The molecule has 0 saturated carbocycles. The maximum Gasteiger partial charge on any atom is 0.270 e. The van der Waals surface area contributed by atoms with Crippen LogP contribution in [0, 0.1) is 0 Å². The van der Waals surface area contributed by atoms with Crippen molar-refractivity contribution >= 4 is 11.6 Å². The van der Waals surface area contributed by atoms with Crippen molar-refractivity contribution in [2.75, 3.05) is 0 Å². The maximum absolute atomic E-state index is 13.3. The topological polar surface area (TPSA) is 59.3 Å². The van der Waals surface area contributed by atoms with E-state index in [-0.39, 0.29) is 17.4 Å². The molecule has 152 valence electrons. The number of aromatic nitrogens is 3. The number of carbonyl (C=O) groups excluding carboxylic acids is 1. The maximum atomic E-state index is 13.3. The van der Waals surface area contributed by atoms with Gasteiger partial charge in [0.2, 0.25) is 0 Å². The van der Waals surface area contributed by atoms with Crippen molar-refractivity contribution < 1.29 is 4.79 Å². The number of rotatable bonds is 4. The van der Waals surface area contributed by atoms with Crippen LogP contribution in [-0.4, -0.2) is 20.5 Å². The number of hydrogen-bond donors (Lipinski definition) is 1. The number of fused-ring (bicyclic) bond motifs is 1. The lowest BCUT2D eigenvalue weighted by Crippen LogP contribution is -2.29. The predicted molar refractivity (Wildman–Crippen MR) is 119 cm³/mol. The number of hydrogen-bond acceptors (Lipinski definition) is 3. The van der Waals surface area contributed by atoms with Crippen molar-refractivity contribution in [2.24, 2.45) is 0 Å². The highest BCUT2D eigenvalue weighted by Crippen LogP contribution is 2.25. The standard InChI is InChI=1S/C25H26N4O/c1-17(18-11-7-5-8-12-18)26-24(30)21-15-20(19-13-9-6-10-14-19)27-23-16-22(25(2,3)4)28-29(21)23/h5-17H,1-4H3,(H,26,30). The molecule has 0 aliphatic carbocycles. The molecule has 0 radical (unpaired) electrons. The average molecular weight is 399 g/mol. The molecule has 4 aromatic rings.